The molecule has 20 heavy (non-hydrogen) atoms. The molecule has 0 radical (unpaired) electrons. The van der Waals surface area contributed by atoms with Gasteiger partial charge in [-0.25, -0.2) is 9.80 Å². The van der Waals surface area contributed by atoms with Crippen LogP contribution in [0.15, 0.2) is 42.5 Å². The molecule has 0 N–H and O–H groups in total. The molecule has 1 unspecified atom stereocenters. The van der Waals surface area contributed by atoms with Crippen LogP contribution in [0.2, 0.25) is 0 Å². The van der Waals surface area contributed by atoms with Gasteiger partial charge in [0.15, 0.2) is 0 Å². The van der Waals surface area contributed by atoms with Gasteiger partial charge in [-0.15, -0.1) is 0 Å². The van der Waals surface area contributed by atoms with Gasteiger partial charge in [0.2, 0.25) is 6.10 Å². The first-order chi connectivity index (χ1) is 9.59. The second kappa shape index (κ2) is 4.61. The minimum atomic E-state index is -0.879. The fourth-order valence-corrected chi connectivity index (χ4v) is 2.44. The lowest BCUT2D eigenvalue weighted by Crippen LogP contribution is -2.41. The van der Waals surface area contributed by atoms with Gasteiger partial charge in [-0.2, -0.15) is 5.01 Å². The van der Waals surface area contributed by atoms with Crippen molar-refractivity contribution in [2.24, 2.45) is 0 Å². The van der Waals surface area contributed by atoms with Crippen molar-refractivity contribution >= 4 is 22.8 Å². The van der Waals surface area contributed by atoms with Gasteiger partial charge in [0.05, 0.1) is 0 Å². The van der Waals surface area contributed by atoms with Crippen molar-refractivity contribution in [2.75, 3.05) is 14.1 Å². The van der Waals surface area contributed by atoms with Gasteiger partial charge in [-0.1, -0.05) is 42.5 Å². The third-order valence-corrected chi connectivity index (χ3v) is 3.33. The molecule has 102 valence electrons. The molecule has 0 aliphatic carbocycles. The van der Waals surface area contributed by atoms with E-state index >= 15 is 0 Å². The van der Waals surface area contributed by atoms with Crippen LogP contribution in [0.1, 0.15) is 11.7 Å². The molecule has 0 saturated carbocycles. The predicted molar refractivity (Wildman–Crippen MR) is 73.7 cm³/mol. The molecule has 0 aromatic heterocycles. The van der Waals surface area contributed by atoms with Crippen LogP contribution in [-0.2, 0) is 9.53 Å². The molecule has 1 aliphatic rings. The zero-order valence-electron chi connectivity index (χ0n) is 11.2. The Kier molecular flexibility index (Phi) is 2.91. The summed E-state index contributed by atoms with van der Waals surface area (Å²) in [5.74, 6) is -0.364. The number of fused-ring (bicyclic) bond motifs is 1. The van der Waals surface area contributed by atoms with Crippen molar-refractivity contribution in [3.8, 4) is 0 Å². The van der Waals surface area contributed by atoms with Crippen LogP contribution in [0, 0.1) is 0 Å². The van der Waals surface area contributed by atoms with Crippen LogP contribution in [0.4, 0.5) is 4.79 Å². The largest absolute Gasteiger partial charge is 0.432 e. The van der Waals surface area contributed by atoms with Gasteiger partial charge >= 0.3 is 6.09 Å². The third-order valence-electron chi connectivity index (χ3n) is 3.33. The Labute approximate surface area is 116 Å². The lowest BCUT2D eigenvalue weighted by atomic mass is 10.0. The van der Waals surface area contributed by atoms with Crippen LogP contribution in [0.25, 0.3) is 10.8 Å². The molecule has 1 fully saturated rings. The van der Waals surface area contributed by atoms with Crippen LogP contribution in [0.3, 0.4) is 0 Å². The van der Waals surface area contributed by atoms with E-state index in [-0.39, 0.29) is 5.91 Å². The number of hydrazine groups is 1. The molecule has 1 saturated heterocycles. The summed E-state index contributed by atoms with van der Waals surface area (Å²) >= 11 is 0. The Balaban J connectivity index is 2.09. The number of hydrogen-bond donors (Lipinski definition) is 0. The second-order valence-electron chi connectivity index (χ2n) is 4.83. The lowest BCUT2D eigenvalue weighted by molar-refractivity contribution is -0.137. The van der Waals surface area contributed by atoms with Gasteiger partial charge in [0.25, 0.3) is 5.91 Å². The molecule has 2 aromatic carbocycles. The predicted octanol–water partition coefficient (Wildman–Crippen LogP) is 2.34. The zero-order valence-corrected chi connectivity index (χ0v) is 11.2. The topological polar surface area (TPSA) is 49.9 Å². The molecule has 2 amide bonds. The van der Waals surface area contributed by atoms with Crippen molar-refractivity contribution in [2.45, 2.75) is 6.10 Å². The maximum absolute atomic E-state index is 12.3. The smallest absolute Gasteiger partial charge is 0.430 e. The number of cyclic esters (lactones) is 1. The summed E-state index contributed by atoms with van der Waals surface area (Å²) in [7, 11) is 3.26. The highest BCUT2D eigenvalue weighted by Gasteiger charge is 2.43. The summed E-state index contributed by atoms with van der Waals surface area (Å²) in [5.41, 5.74) is 0.714. The SMILES string of the molecule is CN(C)N1C(=O)OC(c2cccc3ccccc23)C1=O. The van der Waals surface area contributed by atoms with Gasteiger partial charge in [0.1, 0.15) is 0 Å². The highest BCUT2D eigenvalue weighted by molar-refractivity contribution is 6.02. The number of benzene rings is 2. The summed E-state index contributed by atoms with van der Waals surface area (Å²) in [6.45, 7) is 0. The second-order valence-corrected chi connectivity index (χ2v) is 4.83. The van der Waals surface area contributed by atoms with Crippen molar-refractivity contribution in [3.63, 3.8) is 0 Å². The van der Waals surface area contributed by atoms with Gasteiger partial charge in [-0.05, 0) is 10.8 Å². The average Bonchev–Trinajstić information content (AvgIpc) is 2.73. The number of rotatable bonds is 2. The molecule has 2 aromatic rings. The summed E-state index contributed by atoms with van der Waals surface area (Å²) in [5, 5.41) is 4.36. The molecular formula is C15H14N2O3. The number of ether oxygens (including phenoxy) is 1. The fraction of sp³-hybridized carbons (Fsp3) is 0.200. The van der Waals surface area contributed by atoms with E-state index in [2.05, 4.69) is 0 Å². The Morgan fingerprint density at radius 2 is 1.75 bits per heavy atom. The normalized spacial score (nSPS) is 18.9. The Hall–Kier alpha value is -2.40. The summed E-state index contributed by atoms with van der Waals surface area (Å²) in [6, 6.07) is 13.4. The van der Waals surface area contributed by atoms with Crippen molar-refractivity contribution in [1.29, 1.82) is 0 Å². The number of nitrogens with zero attached hydrogens (tertiary/aromatic N) is 2. The third kappa shape index (κ3) is 1.83. The van der Waals surface area contributed by atoms with Crippen molar-refractivity contribution < 1.29 is 14.3 Å². The lowest BCUT2D eigenvalue weighted by Gasteiger charge is -2.18. The summed E-state index contributed by atoms with van der Waals surface area (Å²) in [6.07, 6.45) is -1.52. The zero-order chi connectivity index (χ0) is 14.3. The number of carbonyl (C=O) groups excluding carboxylic acids is 2. The van der Waals surface area contributed by atoms with E-state index in [1.165, 1.54) is 5.01 Å². The average molecular weight is 270 g/mol. The minimum Gasteiger partial charge on any atom is -0.430 e. The van der Waals surface area contributed by atoms with Crippen LogP contribution in [-0.4, -0.2) is 36.1 Å². The fourth-order valence-electron chi connectivity index (χ4n) is 2.44. The van der Waals surface area contributed by atoms with Crippen molar-refractivity contribution in [3.05, 3.63) is 48.0 Å². The molecule has 1 heterocycles. The highest BCUT2D eigenvalue weighted by atomic mass is 16.6. The quantitative estimate of drug-likeness (QED) is 0.840. The molecular weight excluding hydrogens is 256 g/mol. The van der Waals surface area contributed by atoms with E-state index in [0.29, 0.717) is 5.56 Å². The number of imide groups is 1. The van der Waals surface area contributed by atoms with Crippen molar-refractivity contribution in [1.82, 2.24) is 10.0 Å². The number of amides is 2. The molecule has 5 heteroatoms. The molecule has 3 rings (SSSR count). The number of hydrogen-bond acceptors (Lipinski definition) is 4. The Morgan fingerprint density at radius 1 is 1.05 bits per heavy atom. The summed E-state index contributed by atoms with van der Waals surface area (Å²) in [4.78, 5) is 24.1. The number of carbonyl (C=O) groups is 2. The molecule has 1 atom stereocenters. The maximum Gasteiger partial charge on any atom is 0.432 e. The van der Waals surface area contributed by atoms with E-state index in [1.54, 1.807) is 14.1 Å². The van der Waals surface area contributed by atoms with Crippen LogP contribution in [0.5, 0.6) is 0 Å². The maximum atomic E-state index is 12.3. The van der Waals surface area contributed by atoms with Crippen LogP contribution < -0.4 is 0 Å². The van der Waals surface area contributed by atoms with E-state index in [4.69, 9.17) is 4.74 Å². The minimum absolute atomic E-state index is 0.364. The van der Waals surface area contributed by atoms with Gasteiger partial charge in [0, 0.05) is 19.7 Å². The monoisotopic (exact) mass is 270 g/mol. The van der Waals surface area contributed by atoms with E-state index in [1.807, 2.05) is 42.5 Å². The van der Waals surface area contributed by atoms with E-state index in [9.17, 15) is 9.59 Å². The summed E-state index contributed by atoms with van der Waals surface area (Å²) < 4.78 is 5.24. The molecule has 0 bridgehead atoms. The Morgan fingerprint density at radius 3 is 2.45 bits per heavy atom. The first kappa shape index (κ1) is 12.6. The molecule has 1 aliphatic heterocycles. The van der Waals surface area contributed by atoms with E-state index < -0.39 is 12.2 Å². The highest BCUT2D eigenvalue weighted by Crippen LogP contribution is 2.32. The molecule has 0 spiro atoms. The molecule has 5 nitrogen and oxygen atoms in total. The standard InChI is InChI=1S/C15H14N2O3/c1-16(2)17-14(18)13(20-15(17)19)12-9-5-7-10-6-3-4-8-11(10)12/h3-9,13H,1-2H3. The van der Waals surface area contributed by atoms with Gasteiger partial charge in [-0.3, -0.25) is 4.79 Å². The van der Waals surface area contributed by atoms with Gasteiger partial charge < -0.3 is 4.74 Å². The first-order valence-electron chi connectivity index (χ1n) is 6.29. The van der Waals surface area contributed by atoms with Crippen LogP contribution >= 0.6 is 0 Å². The first-order valence-corrected chi connectivity index (χ1v) is 6.29. The Bertz CT molecular complexity index is 691. The van der Waals surface area contributed by atoms with E-state index in [0.717, 1.165) is 15.8 Å².